The van der Waals surface area contributed by atoms with E-state index in [2.05, 4.69) is 0 Å². The number of amides is 3. The van der Waals surface area contributed by atoms with Crippen LogP contribution in [-0.4, -0.2) is 47.2 Å². The maximum absolute atomic E-state index is 12.9. The zero-order valence-corrected chi connectivity index (χ0v) is 16.7. The van der Waals surface area contributed by atoms with E-state index in [0.29, 0.717) is 17.7 Å². The summed E-state index contributed by atoms with van der Waals surface area (Å²) in [7, 11) is 1.62. The number of carbonyl (C=O) groups excluding carboxylic acids is 3. The summed E-state index contributed by atoms with van der Waals surface area (Å²) >= 11 is 0. The number of aryl methyl sites for hydroxylation is 1. The Hall–Kier alpha value is -3.15. The minimum absolute atomic E-state index is 0.0314. The summed E-state index contributed by atoms with van der Waals surface area (Å²) in [4.78, 5) is 41.1. The van der Waals surface area contributed by atoms with Crippen LogP contribution in [0, 0.1) is 6.92 Å². The molecule has 0 radical (unpaired) electrons. The van der Waals surface area contributed by atoms with E-state index in [-0.39, 0.29) is 36.7 Å². The van der Waals surface area contributed by atoms with Crippen molar-refractivity contribution in [3.63, 3.8) is 0 Å². The van der Waals surface area contributed by atoms with Gasteiger partial charge in [-0.15, -0.1) is 0 Å². The van der Waals surface area contributed by atoms with Crippen LogP contribution in [0.5, 0.6) is 5.75 Å². The van der Waals surface area contributed by atoms with Gasteiger partial charge in [0.05, 0.1) is 18.2 Å². The topological polar surface area (TPSA) is 66.9 Å². The van der Waals surface area contributed by atoms with Crippen LogP contribution < -0.4 is 4.74 Å². The van der Waals surface area contributed by atoms with E-state index in [1.165, 1.54) is 4.90 Å². The van der Waals surface area contributed by atoms with Crippen LogP contribution in [0.2, 0.25) is 0 Å². The Kier molecular flexibility index (Phi) is 5.09. The molecule has 6 heteroatoms. The van der Waals surface area contributed by atoms with Crippen molar-refractivity contribution in [3.8, 4) is 5.75 Å². The van der Waals surface area contributed by atoms with Gasteiger partial charge in [-0.05, 0) is 49.6 Å². The summed E-state index contributed by atoms with van der Waals surface area (Å²) in [5, 5.41) is 0. The highest BCUT2D eigenvalue weighted by molar-refractivity contribution is 6.21. The van der Waals surface area contributed by atoms with Gasteiger partial charge >= 0.3 is 0 Å². The van der Waals surface area contributed by atoms with Gasteiger partial charge < -0.3 is 9.64 Å². The number of hydrogen-bond donors (Lipinski definition) is 0. The summed E-state index contributed by atoms with van der Waals surface area (Å²) in [6.07, 6.45) is 2.12. The number of benzene rings is 2. The smallest absolute Gasteiger partial charge is 0.261 e. The Morgan fingerprint density at radius 3 is 2.41 bits per heavy atom. The maximum atomic E-state index is 12.9. The predicted octanol–water partition coefficient (Wildman–Crippen LogP) is 3.18. The average Bonchev–Trinajstić information content (AvgIpc) is 3.53. The van der Waals surface area contributed by atoms with Crippen LogP contribution in [0.15, 0.2) is 42.5 Å². The fraction of sp³-hybridized carbons (Fsp3) is 0.348. The van der Waals surface area contributed by atoms with E-state index in [1.54, 1.807) is 19.2 Å². The Morgan fingerprint density at radius 2 is 1.76 bits per heavy atom. The Bertz CT molecular complexity index is 963. The van der Waals surface area contributed by atoms with E-state index in [1.807, 2.05) is 42.2 Å². The molecule has 0 bridgehead atoms. The second-order valence-electron chi connectivity index (χ2n) is 7.66. The monoisotopic (exact) mass is 392 g/mol. The molecule has 1 aliphatic carbocycles. The molecule has 1 aliphatic heterocycles. The summed E-state index contributed by atoms with van der Waals surface area (Å²) in [6.45, 7) is 2.52. The largest absolute Gasteiger partial charge is 0.497 e. The number of fused-ring (bicyclic) bond motifs is 1. The molecule has 0 saturated heterocycles. The van der Waals surface area contributed by atoms with E-state index in [9.17, 15) is 14.4 Å². The van der Waals surface area contributed by atoms with Gasteiger partial charge in [-0.3, -0.25) is 19.3 Å². The lowest BCUT2D eigenvalue weighted by Crippen LogP contribution is -2.37. The highest BCUT2D eigenvalue weighted by Gasteiger charge is 2.37. The first-order chi connectivity index (χ1) is 14.0. The molecule has 2 aromatic carbocycles. The second-order valence-corrected chi connectivity index (χ2v) is 7.66. The highest BCUT2D eigenvalue weighted by Crippen LogP contribution is 2.30. The van der Waals surface area contributed by atoms with E-state index in [4.69, 9.17) is 4.74 Å². The molecule has 0 N–H and O–H groups in total. The van der Waals surface area contributed by atoms with Crippen molar-refractivity contribution in [3.05, 3.63) is 64.7 Å². The van der Waals surface area contributed by atoms with Crippen molar-refractivity contribution < 1.29 is 19.1 Å². The summed E-state index contributed by atoms with van der Waals surface area (Å²) < 4.78 is 5.18. The first-order valence-electron chi connectivity index (χ1n) is 9.87. The molecule has 0 aromatic heterocycles. The molecule has 2 aromatic rings. The molecule has 0 spiro atoms. The number of imide groups is 1. The van der Waals surface area contributed by atoms with Crippen LogP contribution in [0.25, 0.3) is 0 Å². The van der Waals surface area contributed by atoms with Crippen molar-refractivity contribution >= 4 is 17.7 Å². The molecule has 3 amide bonds. The second kappa shape index (κ2) is 7.70. The molecule has 2 aliphatic rings. The lowest BCUT2D eigenvalue weighted by molar-refractivity contribution is -0.132. The molecule has 1 saturated carbocycles. The van der Waals surface area contributed by atoms with Crippen LogP contribution in [0.3, 0.4) is 0 Å². The molecule has 29 heavy (non-hydrogen) atoms. The van der Waals surface area contributed by atoms with Crippen molar-refractivity contribution in [2.24, 2.45) is 0 Å². The molecule has 4 rings (SSSR count). The fourth-order valence-corrected chi connectivity index (χ4v) is 3.69. The first kappa shape index (κ1) is 19.2. The third kappa shape index (κ3) is 3.88. The average molecular weight is 392 g/mol. The molecule has 0 atom stereocenters. The van der Waals surface area contributed by atoms with Gasteiger partial charge in [0.1, 0.15) is 5.75 Å². The minimum atomic E-state index is -0.314. The summed E-state index contributed by atoms with van der Waals surface area (Å²) in [6, 6.07) is 13.2. The van der Waals surface area contributed by atoms with Gasteiger partial charge in [-0.2, -0.15) is 0 Å². The van der Waals surface area contributed by atoms with Crippen molar-refractivity contribution in [2.75, 3.05) is 13.7 Å². The van der Waals surface area contributed by atoms with Crippen molar-refractivity contribution in [2.45, 2.75) is 38.8 Å². The number of nitrogens with zero attached hydrogens (tertiary/aromatic N) is 2. The molecule has 150 valence electrons. The molecular formula is C23H24N2O4. The van der Waals surface area contributed by atoms with E-state index < -0.39 is 0 Å². The normalized spacial score (nSPS) is 15.4. The Balaban J connectivity index is 1.41. The standard InChI is InChI=1S/C23H24N2O4/c1-15-3-10-19-20(13-15)23(28)24(22(19)27)12-11-21(26)25(17-6-7-17)14-16-4-8-18(29-2)9-5-16/h3-5,8-10,13,17H,6-7,11-12,14H2,1-2H3. The van der Waals surface area contributed by atoms with Gasteiger partial charge in [0.25, 0.3) is 11.8 Å². The number of ether oxygens (including phenoxy) is 1. The first-order valence-corrected chi connectivity index (χ1v) is 9.87. The van der Waals surface area contributed by atoms with E-state index >= 15 is 0 Å². The zero-order chi connectivity index (χ0) is 20.5. The van der Waals surface area contributed by atoms with Crippen LogP contribution in [0.1, 0.15) is 51.1 Å². The lowest BCUT2D eigenvalue weighted by atomic mass is 10.1. The Labute approximate surface area is 170 Å². The molecule has 1 fully saturated rings. The Morgan fingerprint density at radius 1 is 1.07 bits per heavy atom. The van der Waals surface area contributed by atoms with Gasteiger partial charge in [0, 0.05) is 25.6 Å². The van der Waals surface area contributed by atoms with E-state index in [0.717, 1.165) is 29.7 Å². The van der Waals surface area contributed by atoms with Gasteiger partial charge in [-0.25, -0.2) is 0 Å². The summed E-state index contributed by atoms with van der Waals surface area (Å²) in [5.41, 5.74) is 2.81. The number of rotatable bonds is 7. The maximum Gasteiger partial charge on any atom is 0.261 e. The van der Waals surface area contributed by atoms with Crippen molar-refractivity contribution in [1.29, 1.82) is 0 Å². The van der Waals surface area contributed by atoms with Crippen LogP contribution in [0.4, 0.5) is 0 Å². The molecule has 6 nitrogen and oxygen atoms in total. The van der Waals surface area contributed by atoms with Gasteiger partial charge in [0.2, 0.25) is 5.91 Å². The fourth-order valence-electron chi connectivity index (χ4n) is 3.69. The third-order valence-electron chi connectivity index (χ3n) is 5.50. The van der Waals surface area contributed by atoms with Crippen molar-refractivity contribution in [1.82, 2.24) is 9.80 Å². The molecular weight excluding hydrogens is 368 g/mol. The molecule has 1 heterocycles. The predicted molar refractivity (Wildman–Crippen MR) is 108 cm³/mol. The lowest BCUT2D eigenvalue weighted by Gasteiger charge is -2.24. The van der Waals surface area contributed by atoms with Gasteiger partial charge in [-0.1, -0.05) is 23.8 Å². The van der Waals surface area contributed by atoms with Crippen LogP contribution in [-0.2, 0) is 11.3 Å². The zero-order valence-electron chi connectivity index (χ0n) is 16.7. The number of hydrogen-bond acceptors (Lipinski definition) is 4. The number of carbonyl (C=O) groups is 3. The van der Waals surface area contributed by atoms with Crippen LogP contribution >= 0.6 is 0 Å². The molecule has 0 unspecified atom stereocenters. The quantitative estimate of drug-likeness (QED) is 0.679. The number of methoxy groups -OCH3 is 1. The highest BCUT2D eigenvalue weighted by atomic mass is 16.5. The SMILES string of the molecule is COc1ccc(CN(C(=O)CCN2C(=O)c3ccc(C)cc3C2=O)C2CC2)cc1. The summed E-state index contributed by atoms with van der Waals surface area (Å²) in [5.74, 6) is 0.121. The third-order valence-corrected chi connectivity index (χ3v) is 5.50. The minimum Gasteiger partial charge on any atom is -0.497 e. The van der Waals surface area contributed by atoms with Gasteiger partial charge in [0.15, 0.2) is 0 Å².